The predicted octanol–water partition coefficient (Wildman–Crippen LogP) is 4.97. The molecule has 2 aromatic carbocycles. The molecular formula is C27H38N2O4S. The smallest absolute Gasteiger partial charge is 0.244 e. The average molecular weight is 487 g/mol. The zero-order valence-electron chi connectivity index (χ0n) is 21.2. The van der Waals surface area contributed by atoms with Crippen LogP contribution in [0.1, 0.15) is 70.2 Å². The summed E-state index contributed by atoms with van der Waals surface area (Å²) in [7, 11) is -2.21. The second-order valence-electron chi connectivity index (χ2n) is 8.67. The van der Waals surface area contributed by atoms with E-state index in [9.17, 15) is 13.2 Å². The maximum absolute atomic E-state index is 13.9. The van der Waals surface area contributed by atoms with Crippen molar-refractivity contribution >= 4 is 15.9 Å². The number of rotatable bonds is 6. The van der Waals surface area contributed by atoms with Gasteiger partial charge in [-0.1, -0.05) is 52.3 Å². The minimum Gasteiger partial charge on any atom is -0.497 e. The molecule has 0 aromatic heterocycles. The van der Waals surface area contributed by atoms with Crippen LogP contribution in [0.4, 0.5) is 0 Å². The minimum atomic E-state index is -3.85. The lowest BCUT2D eigenvalue weighted by molar-refractivity contribution is -0.146. The molecule has 0 bridgehead atoms. The van der Waals surface area contributed by atoms with Crippen LogP contribution in [0.3, 0.4) is 0 Å². The molecule has 0 N–H and O–H groups in total. The van der Waals surface area contributed by atoms with Gasteiger partial charge in [-0.25, -0.2) is 8.42 Å². The van der Waals surface area contributed by atoms with Crippen LogP contribution in [0, 0.1) is 0 Å². The van der Waals surface area contributed by atoms with E-state index >= 15 is 0 Å². The van der Waals surface area contributed by atoms with Crippen molar-refractivity contribution in [1.82, 2.24) is 9.21 Å². The summed E-state index contributed by atoms with van der Waals surface area (Å²) in [6.45, 7) is 10.6. The van der Waals surface area contributed by atoms with Gasteiger partial charge in [-0.15, -0.1) is 0 Å². The maximum Gasteiger partial charge on any atom is 0.244 e. The molecule has 186 valence electrons. The third-order valence-corrected chi connectivity index (χ3v) is 8.84. The number of benzene rings is 2. The Bertz CT molecular complexity index is 1100. The molecule has 1 saturated heterocycles. The van der Waals surface area contributed by atoms with Crippen LogP contribution in [0.2, 0.25) is 0 Å². The molecular weight excluding hydrogens is 448 g/mol. The van der Waals surface area contributed by atoms with Crippen molar-refractivity contribution in [2.45, 2.75) is 83.3 Å². The van der Waals surface area contributed by atoms with Gasteiger partial charge >= 0.3 is 0 Å². The quantitative estimate of drug-likeness (QED) is 0.578. The maximum atomic E-state index is 13.9. The highest BCUT2D eigenvalue weighted by Crippen LogP contribution is 2.42. The zero-order valence-corrected chi connectivity index (χ0v) is 22.1. The number of carbonyl (C=O) groups is 1. The molecule has 2 heterocycles. The van der Waals surface area contributed by atoms with Gasteiger partial charge in [0.25, 0.3) is 0 Å². The number of fused-ring (bicyclic) bond motifs is 3. The molecule has 0 aliphatic carbocycles. The Kier molecular flexibility index (Phi) is 8.42. The second-order valence-corrected chi connectivity index (χ2v) is 10.5. The Labute approximate surface area is 205 Å². The lowest BCUT2D eigenvalue weighted by Crippen LogP contribution is -2.64. The summed E-state index contributed by atoms with van der Waals surface area (Å²) < 4.78 is 34.6. The summed E-state index contributed by atoms with van der Waals surface area (Å²) in [4.78, 5) is 15.8. The lowest BCUT2D eigenvalue weighted by atomic mass is 9.85. The van der Waals surface area contributed by atoms with Crippen molar-refractivity contribution in [3.05, 3.63) is 59.2 Å². The van der Waals surface area contributed by atoms with Crippen LogP contribution in [-0.2, 0) is 27.7 Å². The van der Waals surface area contributed by atoms with Gasteiger partial charge in [0.1, 0.15) is 11.8 Å². The van der Waals surface area contributed by atoms with Gasteiger partial charge in [0.05, 0.1) is 18.0 Å². The van der Waals surface area contributed by atoms with Crippen molar-refractivity contribution in [1.29, 1.82) is 0 Å². The highest BCUT2D eigenvalue weighted by Gasteiger charge is 2.51. The number of hydrogen-bond acceptors (Lipinski definition) is 4. The molecule has 2 aliphatic rings. The number of piperazine rings is 1. The third kappa shape index (κ3) is 4.60. The van der Waals surface area contributed by atoms with Crippen molar-refractivity contribution in [2.75, 3.05) is 13.7 Å². The number of methoxy groups -OCH3 is 1. The minimum absolute atomic E-state index is 0.0924. The van der Waals surface area contributed by atoms with Crippen molar-refractivity contribution in [2.24, 2.45) is 0 Å². The van der Waals surface area contributed by atoms with Gasteiger partial charge < -0.3 is 9.64 Å². The van der Waals surface area contributed by atoms with Gasteiger partial charge in [-0.05, 0) is 67.1 Å². The molecule has 1 amide bonds. The largest absolute Gasteiger partial charge is 0.497 e. The molecule has 7 heteroatoms. The number of carbonyl (C=O) groups excluding carboxylic acids is 1. The standard InChI is InChI=1S/C25H32N2O4S.C2H6/c1-5-7-23-25(28)26-15-14-19-16-20(31-4)10-13-22(19)24(26)17(3)27(23)32(29,30)21-11-8-18(6-2)9-12-21;1-2/h8-13,16-17,23-24H,5-7,14-15H2,1-4H3;1-2H3. The van der Waals surface area contributed by atoms with Crippen molar-refractivity contribution < 1.29 is 17.9 Å². The van der Waals surface area contributed by atoms with Crippen LogP contribution in [0.5, 0.6) is 5.75 Å². The number of aryl methyl sites for hydroxylation is 1. The van der Waals surface area contributed by atoms with E-state index in [1.165, 1.54) is 4.31 Å². The summed E-state index contributed by atoms with van der Waals surface area (Å²) in [5, 5.41) is 0. The van der Waals surface area contributed by atoms with Crippen LogP contribution in [-0.4, -0.2) is 49.3 Å². The van der Waals surface area contributed by atoms with E-state index in [1.807, 2.05) is 69.9 Å². The summed E-state index contributed by atoms with van der Waals surface area (Å²) in [5.41, 5.74) is 3.20. The molecule has 2 aromatic rings. The second kappa shape index (κ2) is 10.9. The molecule has 4 rings (SSSR count). The Hall–Kier alpha value is -2.38. The van der Waals surface area contributed by atoms with Crippen LogP contribution < -0.4 is 4.74 Å². The van der Waals surface area contributed by atoms with E-state index < -0.39 is 16.1 Å². The molecule has 3 atom stereocenters. The first-order valence-electron chi connectivity index (χ1n) is 12.4. The Morgan fingerprint density at radius 2 is 1.74 bits per heavy atom. The fourth-order valence-corrected chi connectivity index (χ4v) is 6.99. The highest BCUT2D eigenvalue weighted by atomic mass is 32.2. The van der Waals surface area contributed by atoms with Crippen LogP contribution in [0.25, 0.3) is 0 Å². The SMILES string of the molecule is CC.CCCC1C(=O)N2CCc3cc(OC)ccc3C2C(C)N1S(=O)(=O)c1ccc(CC)cc1. The highest BCUT2D eigenvalue weighted by molar-refractivity contribution is 7.89. The van der Waals surface area contributed by atoms with E-state index in [0.717, 1.165) is 41.7 Å². The van der Waals surface area contributed by atoms with E-state index in [-0.39, 0.29) is 22.9 Å². The van der Waals surface area contributed by atoms with Crippen molar-refractivity contribution in [3.63, 3.8) is 0 Å². The molecule has 1 fully saturated rings. The summed E-state index contributed by atoms with van der Waals surface area (Å²) in [6, 6.07) is 11.5. The van der Waals surface area contributed by atoms with Crippen LogP contribution in [0.15, 0.2) is 47.4 Å². The van der Waals surface area contributed by atoms with Gasteiger partial charge in [0, 0.05) is 12.6 Å². The van der Waals surface area contributed by atoms with Gasteiger partial charge in [0.15, 0.2) is 0 Å². The molecule has 0 saturated carbocycles. The Balaban J connectivity index is 0.00000158. The first kappa shape index (κ1) is 26.2. The first-order chi connectivity index (χ1) is 16.3. The third-order valence-electron chi connectivity index (χ3n) is 6.83. The fourth-order valence-electron chi connectivity index (χ4n) is 5.18. The van der Waals surface area contributed by atoms with Gasteiger partial charge in [0.2, 0.25) is 15.9 Å². The molecule has 6 nitrogen and oxygen atoms in total. The molecule has 2 aliphatic heterocycles. The number of ether oxygens (including phenoxy) is 1. The molecule has 3 unspecified atom stereocenters. The molecule has 0 spiro atoms. The number of hydrogen-bond donors (Lipinski definition) is 0. The first-order valence-corrected chi connectivity index (χ1v) is 13.9. The number of sulfonamides is 1. The summed E-state index contributed by atoms with van der Waals surface area (Å²) in [5.74, 6) is 0.682. The van der Waals surface area contributed by atoms with E-state index in [0.29, 0.717) is 13.0 Å². The zero-order chi connectivity index (χ0) is 25.0. The van der Waals surface area contributed by atoms with Crippen molar-refractivity contribution in [3.8, 4) is 5.75 Å². The fraction of sp³-hybridized carbons (Fsp3) is 0.519. The summed E-state index contributed by atoms with van der Waals surface area (Å²) >= 11 is 0. The normalized spacial score (nSPS) is 22.4. The van der Waals surface area contributed by atoms with E-state index in [4.69, 9.17) is 4.74 Å². The molecule has 0 radical (unpaired) electrons. The Morgan fingerprint density at radius 3 is 2.32 bits per heavy atom. The number of amides is 1. The molecule has 34 heavy (non-hydrogen) atoms. The average Bonchev–Trinajstić information content (AvgIpc) is 2.87. The number of nitrogens with zero attached hydrogens (tertiary/aromatic N) is 2. The predicted molar refractivity (Wildman–Crippen MR) is 136 cm³/mol. The summed E-state index contributed by atoms with van der Waals surface area (Å²) in [6.07, 6.45) is 2.82. The van der Waals surface area contributed by atoms with E-state index in [2.05, 4.69) is 0 Å². The van der Waals surface area contributed by atoms with Gasteiger partial charge in [-0.2, -0.15) is 4.31 Å². The van der Waals surface area contributed by atoms with Crippen LogP contribution >= 0.6 is 0 Å². The monoisotopic (exact) mass is 486 g/mol. The van der Waals surface area contributed by atoms with Gasteiger partial charge in [-0.3, -0.25) is 4.79 Å². The Morgan fingerprint density at radius 1 is 1.06 bits per heavy atom. The van der Waals surface area contributed by atoms with E-state index in [1.54, 1.807) is 19.2 Å². The topological polar surface area (TPSA) is 66.9 Å². The lowest BCUT2D eigenvalue weighted by Gasteiger charge is -2.51.